The highest BCUT2D eigenvalue weighted by atomic mass is 16.6. The number of hydrogen-bond donors (Lipinski definition) is 0. The number of hydrogen-bond acceptors (Lipinski definition) is 4. The van der Waals surface area contributed by atoms with Crippen molar-refractivity contribution in [1.82, 2.24) is 0 Å². The van der Waals surface area contributed by atoms with Crippen molar-refractivity contribution in [3.8, 4) is 0 Å². The van der Waals surface area contributed by atoms with Crippen LogP contribution in [0.4, 0.5) is 0 Å². The van der Waals surface area contributed by atoms with Gasteiger partial charge in [-0.2, -0.15) is 0 Å². The Kier molecular flexibility index (Phi) is 2.47. The zero-order chi connectivity index (χ0) is 9.14. The molecule has 0 aromatic rings. The van der Waals surface area contributed by atoms with E-state index in [0.29, 0.717) is 0 Å². The third-order valence-electron chi connectivity index (χ3n) is 1.86. The lowest BCUT2D eigenvalue weighted by Crippen LogP contribution is -2.25. The molecule has 1 fully saturated rings. The van der Waals surface area contributed by atoms with E-state index < -0.39 is 17.9 Å². The summed E-state index contributed by atoms with van der Waals surface area (Å²) in [6.45, 7) is 3.73. The molecule has 1 aliphatic heterocycles. The first kappa shape index (κ1) is 8.77. The molecule has 0 spiro atoms. The molecule has 2 unspecified atom stereocenters. The lowest BCUT2D eigenvalue weighted by Gasteiger charge is -2.07. The highest BCUT2D eigenvalue weighted by molar-refractivity contribution is 5.96. The molecule has 0 amide bonds. The molecule has 1 heterocycles. The topological polar surface area (TPSA) is 52.6 Å². The summed E-state index contributed by atoms with van der Waals surface area (Å²) in [4.78, 5) is 22.0. The maximum atomic E-state index is 11.0. The van der Waals surface area contributed by atoms with Crippen LogP contribution in [0.1, 0.15) is 0 Å². The van der Waals surface area contributed by atoms with Crippen LogP contribution in [0.15, 0.2) is 12.7 Å². The maximum Gasteiger partial charge on any atom is 0.321 e. The average molecular weight is 170 g/mol. The molecule has 1 aliphatic rings. The summed E-state index contributed by atoms with van der Waals surface area (Å²) >= 11 is 0. The van der Waals surface area contributed by atoms with Crippen LogP contribution >= 0.6 is 0 Å². The van der Waals surface area contributed by atoms with Crippen LogP contribution in [0.25, 0.3) is 0 Å². The van der Waals surface area contributed by atoms with Crippen molar-refractivity contribution in [2.75, 3.05) is 13.7 Å². The lowest BCUT2D eigenvalue weighted by atomic mass is 9.96. The Hall–Kier alpha value is -1.32. The maximum absolute atomic E-state index is 11.0. The molecule has 4 nitrogen and oxygen atoms in total. The summed E-state index contributed by atoms with van der Waals surface area (Å²) in [5.74, 6) is -2.13. The smallest absolute Gasteiger partial charge is 0.321 e. The van der Waals surface area contributed by atoms with Crippen LogP contribution in [0.5, 0.6) is 0 Å². The number of cyclic esters (lactones) is 1. The van der Waals surface area contributed by atoms with Crippen molar-refractivity contribution in [3.05, 3.63) is 12.7 Å². The minimum atomic E-state index is -0.813. The van der Waals surface area contributed by atoms with Gasteiger partial charge in [0.2, 0.25) is 0 Å². The fourth-order valence-electron chi connectivity index (χ4n) is 1.14. The van der Waals surface area contributed by atoms with Gasteiger partial charge in [-0.15, -0.1) is 6.58 Å². The van der Waals surface area contributed by atoms with Gasteiger partial charge in [0.15, 0.2) is 5.92 Å². The zero-order valence-electron chi connectivity index (χ0n) is 6.78. The Bertz CT molecular complexity index is 221. The second-order valence-electron chi connectivity index (χ2n) is 2.53. The molecule has 2 atom stereocenters. The first-order valence-electron chi connectivity index (χ1n) is 3.57. The Labute approximate surface area is 70.1 Å². The highest BCUT2D eigenvalue weighted by Gasteiger charge is 2.41. The normalized spacial score (nSPS) is 27.9. The van der Waals surface area contributed by atoms with E-state index in [9.17, 15) is 9.59 Å². The number of esters is 2. The molecular formula is C8H10O4. The summed E-state index contributed by atoms with van der Waals surface area (Å²) in [6.07, 6.45) is 1.53. The van der Waals surface area contributed by atoms with E-state index in [1.54, 1.807) is 0 Å². The van der Waals surface area contributed by atoms with E-state index in [2.05, 4.69) is 16.1 Å². The van der Waals surface area contributed by atoms with E-state index in [-0.39, 0.29) is 12.5 Å². The van der Waals surface area contributed by atoms with Gasteiger partial charge in [-0.1, -0.05) is 6.08 Å². The van der Waals surface area contributed by atoms with Crippen LogP contribution in [-0.2, 0) is 19.1 Å². The molecule has 0 aliphatic carbocycles. The predicted molar refractivity (Wildman–Crippen MR) is 40.2 cm³/mol. The minimum absolute atomic E-state index is 0.224. The summed E-state index contributed by atoms with van der Waals surface area (Å²) < 4.78 is 9.13. The largest absolute Gasteiger partial charge is 0.468 e. The number of carbonyl (C=O) groups is 2. The van der Waals surface area contributed by atoms with Crippen molar-refractivity contribution >= 4 is 11.9 Å². The molecule has 66 valence electrons. The number of ether oxygens (including phenoxy) is 2. The standard InChI is InChI=1S/C8H10O4/c1-3-5-4-12-8(10)6(5)7(9)11-2/h3,5-6H,1,4H2,2H3. The molecular weight excluding hydrogens is 160 g/mol. The van der Waals surface area contributed by atoms with Crippen molar-refractivity contribution < 1.29 is 19.1 Å². The van der Waals surface area contributed by atoms with Crippen molar-refractivity contribution in [2.24, 2.45) is 11.8 Å². The molecule has 0 aromatic heterocycles. The summed E-state index contributed by atoms with van der Waals surface area (Å²) in [6, 6.07) is 0. The molecule has 0 N–H and O–H groups in total. The molecule has 0 aromatic carbocycles. The van der Waals surface area contributed by atoms with Gasteiger partial charge in [-0.05, 0) is 0 Å². The quantitative estimate of drug-likeness (QED) is 0.336. The first-order chi connectivity index (χ1) is 5.70. The first-order valence-corrected chi connectivity index (χ1v) is 3.57. The highest BCUT2D eigenvalue weighted by Crippen LogP contribution is 2.23. The van der Waals surface area contributed by atoms with Gasteiger partial charge in [-0.3, -0.25) is 9.59 Å². The van der Waals surface area contributed by atoms with Gasteiger partial charge >= 0.3 is 11.9 Å². The SMILES string of the molecule is C=CC1COC(=O)C1C(=O)OC. The monoisotopic (exact) mass is 170 g/mol. The van der Waals surface area contributed by atoms with Gasteiger partial charge in [0.05, 0.1) is 13.7 Å². The van der Waals surface area contributed by atoms with E-state index in [4.69, 9.17) is 0 Å². The van der Waals surface area contributed by atoms with E-state index in [1.165, 1.54) is 13.2 Å². The Morgan fingerprint density at radius 3 is 3.00 bits per heavy atom. The molecule has 12 heavy (non-hydrogen) atoms. The van der Waals surface area contributed by atoms with Crippen molar-refractivity contribution in [1.29, 1.82) is 0 Å². The Morgan fingerprint density at radius 2 is 2.50 bits per heavy atom. The average Bonchev–Trinajstić information content (AvgIpc) is 2.45. The van der Waals surface area contributed by atoms with Crippen LogP contribution in [0, 0.1) is 11.8 Å². The molecule has 0 bridgehead atoms. The minimum Gasteiger partial charge on any atom is -0.468 e. The van der Waals surface area contributed by atoms with E-state index >= 15 is 0 Å². The number of rotatable bonds is 2. The number of carbonyl (C=O) groups excluding carboxylic acids is 2. The van der Waals surface area contributed by atoms with Crippen LogP contribution in [-0.4, -0.2) is 25.7 Å². The molecule has 0 radical (unpaired) electrons. The number of methoxy groups -OCH3 is 1. The van der Waals surface area contributed by atoms with Crippen molar-refractivity contribution in [2.45, 2.75) is 0 Å². The van der Waals surface area contributed by atoms with Crippen LogP contribution < -0.4 is 0 Å². The van der Waals surface area contributed by atoms with E-state index in [0.717, 1.165) is 0 Å². The van der Waals surface area contributed by atoms with Crippen LogP contribution in [0.2, 0.25) is 0 Å². The fraction of sp³-hybridized carbons (Fsp3) is 0.500. The van der Waals surface area contributed by atoms with E-state index in [1.807, 2.05) is 0 Å². The predicted octanol–water partition coefficient (Wildman–Crippen LogP) is 0.135. The molecule has 4 heteroatoms. The summed E-state index contributed by atoms with van der Waals surface area (Å²) in [5.41, 5.74) is 0. The summed E-state index contributed by atoms with van der Waals surface area (Å²) in [7, 11) is 1.24. The third kappa shape index (κ3) is 1.32. The third-order valence-corrected chi connectivity index (χ3v) is 1.86. The zero-order valence-corrected chi connectivity index (χ0v) is 6.78. The van der Waals surface area contributed by atoms with Crippen molar-refractivity contribution in [3.63, 3.8) is 0 Å². The Balaban J connectivity index is 2.76. The Morgan fingerprint density at radius 1 is 1.83 bits per heavy atom. The second-order valence-corrected chi connectivity index (χ2v) is 2.53. The van der Waals surface area contributed by atoms with Gasteiger partial charge in [0, 0.05) is 5.92 Å². The molecule has 1 rings (SSSR count). The summed E-state index contributed by atoms with van der Waals surface area (Å²) in [5, 5.41) is 0. The fourth-order valence-corrected chi connectivity index (χ4v) is 1.14. The molecule has 0 saturated carbocycles. The van der Waals surface area contributed by atoms with Crippen LogP contribution in [0.3, 0.4) is 0 Å². The molecule has 1 saturated heterocycles. The van der Waals surface area contributed by atoms with Gasteiger partial charge in [-0.25, -0.2) is 0 Å². The van der Waals surface area contributed by atoms with Gasteiger partial charge in [0.25, 0.3) is 0 Å². The lowest BCUT2D eigenvalue weighted by molar-refractivity contribution is -0.154. The van der Waals surface area contributed by atoms with Gasteiger partial charge < -0.3 is 9.47 Å². The van der Waals surface area contributed by atoms with Gasteiger partial charge in [0.1, 0.15) is 0 Å². The second kappa shape index (κ2) is 3.38.